The van der Waals surface area contributed by atoms with Crippen molar-refractivity contribution in [1.29, 1.82) is 0 Å². The van der Waals surface area contributed by atoms with E-state index in [1.807, 2.05) is 0 Å². The molecule has 2 heterocycles. The van der Waals surface area contributed by atoms with Gasteiger partial charge in [0.2, 0.25) is 0 Å². The summed E-state index contributed by atoms with van der Waals surface area (Å²) in [4.78, 5) is 32.9. The minimum absolute atomic E-state index is 0. The van der Waals surface area contributed by atoms with Crippen molar-refractivity contribution < 1.29 is 17.1 Å². The summed E-state index contributed by atoms with van der Waals surface area (Å²) in [6, 6.07) is 0. The molecule has 0 aliphatic carbocycles. The topological polar surface area (TPSA) is 196 Å². The number of nitrogens with two attached hydrogens (primary N) is 4. The Morgan fingerprint density at radius 3 is 1.29 bits per heavy atom. The number of nitrogens with one attached hydrogen (secondary N) is 2. The van der Waals surface area contributed by atoms with Gasteiger partial charge in [0.05, 0.1) is 0 Å². The maximum Gasteiger partial charge on any atom is 2.00 e. The summed E-state index contributed by atoms with van der Waals surface area (Å²) in [7, 11) is 0. The molecule has 10 N–H and O–H groups in total. The molecular weight excluding hydrogens is 368 g/mol. The van der Waals surface area contributed by atoms with Gasteiger partial charge in [-0.15, -0.1) is 0 Å². The Bertz CT molecular complexity index is 683. The van der Waals surface area contributed by atoms with Gasteiger partial charge in [0.15, 0.2) is 11.6 Å². The molecule has 10 nitrogen and oxygen atoms in total. The van der Waals surface area contributed by atoms with Crippen LogP contribution in [0.5, 0.6) is 0 Å². The van der Waals surface area contributed by atoms with Gasteiger partial charge in [-0.25, -0.2) is 9.97 Å². The van der Waals surface area contributed by atoms with E-state index in [0.717, 1.165) is 0 Å². The van der Waals surface area contributed by atoms with E-state index in [1.165, 1.54) is 0 Å². The van der Waals surface area contributed by atoms with Crippen LogP contribution in [0.4, 0.5) is 23.0 Å². The molecule has 1 radical (unpaired) electrons. The summed E-state index contributed by atoms with van der Waals surface area (Å²) < 4.78 is 0. The Morgan fingerprint density at radius 2 is 1.05 bits per heavy atom. The van der Waals surface area contributed by atoms with Crippen LogP contribution < -0.4 is 34.1 Å². The average molecular weight is 378 g/mol. The van der Waals surface area contributed by atoms with Crippen molar-refractivity contribution in [2.45, 2.75) is 10.3 Å². The summed E-state index contributed by atoms with van der Waals surface area (Å²) in [6.45, 7) is 0. The zero-order chi connectivity index (χ0) is 15.4. The number of nitrogen functional groups attached to an aromatic ring is 4. The van der Waals surface area contributed by atoms with Crippen LogP contribution in [-0.4, -0.2) is 19.9 Å². The second-order valence-electron chi connectivity index (χ2n) is 3.34. The third-order valence-corrected chi connectivity index (χ3v) is 2.31. The van der Waals surface area contributed by atoms with E-state index in [4.69, 9.17) is 22.9 Å². The Labute approximate surface area is 139 Å². The molecule has 0 amide bonds. The molecule has 21 heavy (non-hydrogen) atoms. The summed E-state index contributed by atoms with van der Waals surface area (Å²) in [6.07, 6.45) is 0. The van der Waals surface area contributed by atoms with Crippen LogP contribution >= 0.6 is 0 Å². The van der Waals surface area contributed by atoms with E-state index in [0.29, 0.717) is 0 Å². The van der Waals surface area contributed by atoms with E-state index in [9.17, 15) is 9.59 Å². The molecule has 0 saturated carbocycles. The summed E-state index contributed by atoms with van der Waals surface area (Å²) in [5.74, 6) is -0.0394. The van der Waals surface area contributed by atoms with E-state index in [1.54, 1.807) is 0 Å². The number of rotatable bonds is 0. The number of aromatic nitrogens is 4. The van der Waals surface area contributed by atoms with Crippen molar-refractivity contribution in [3.05, 3.63) is 20.7 Å². The van der Waals surface area contributed by atoms with E-state index in [-0.39, 0.29) is 50.4 Å². The standard InChI is InChI=1S/2C4H6N4OS.Cu/c2*5-1-2(6)7-4(10)8-3(1)9;/h2*5H2,(H4,6,7,8,9,10);/q;;+2/p-2. The van der Waals surface area contributed by atoms with Crippen LogP contribution in [0.15, 0.2) is 19.9 Å². The molecule has 2 aromatic heterocycles. The van der Waals surface area contributed by atoms with E-state index in [2.05, 4.69) is 45.2 Å². The average Bonchev–Trinajstić information content (AvgIpc) is 2.33. The maximum absolute atomic E-state index is 10.7. The Balaban J connectivity index is 0.000000364. The van der Waals surface area contributed by atoms with Gasteiger partial charge in [-0.3, -0.25) is 9.59 Å². The summed E-state index contributed by atoms with van der Waals surface area (Å²) in [5, 5.41) is 0.105. The predicted octanol–water partition coefficient (Wildman–Crippen LogP) is -2.32. The molecule has 117 valence electrons. The number of aromatic amines is 2. The van der Waals surface area contributed by atoms with Crippen LogP contribution in [-0.2, 0) is 42.3 Å². The number of anilines is 4. The minimum Gasteiger partial charge on any atom is -0.742 e. The number of hydrogen-bond acceptors (Lipinski definition) is 10. The van der Waals surface area contributed by atoms with Crippen LogP contribution in [0, 0.1) is 0 Å². The maximum atomic E-state index is 10.7. The number of H-pyrrole nitrogens is 2. The fourth-order valence-corrected chi connectivity index (χ4v) is 1.34. The first-order valence-electron chi connectivity index (χ1n) is 4.87. The molecule has 0 aliphatic rings. The smallest absolute Gasteiger partial charge is 0.742 e. The summed E-state index contributed by atoms with van der Waals surface area (Å²) >= 11 is 9.09. The molecule has 0 fully saturated rings. The van der Waals surface area contributed by atoms with Crippen LogP contribution in [0.2, 0.25) is 0 Å². The quantitative estimate of drug-likeness (QED) is 0.164. The van der Waals surface area contributed by atoms with Crippen molar-refractivity contribution in [3.8, 4) is 0 Å². The first-order valence-corrected chi connectivity index (χ1v) is 5.68. The molecule has 2 aromatic rings. The first-order chi connectivity index (χ1) is 9.22. The molecular formula is C8H10CuN8O2S2. The van der Waals surface area contributed by atoms with Gasteiger partial charge < -0.3 is 58.2 Å². The predicted molar refractivity (Wildman–Crippen MR) is 78.6 cm³/mol. The normalized spacial score (nSPS) is 9.14. The third kappa shape index (κ3) is 5.07. The van der Waals surface area contributed by atoms with Crippen LogP contribution in [0.1, 0.15) is 0 Å². The van der Waals surface area contributed by atoms with Crippen molar-refractivity contribution in [2.24, 2.45) is 0 Å². The molecule has 0 atom stereocenters. The largest absolute Gasteiger partial charge is 2.00 e. The number of nitrogens with zero attached hydrogens (tertiary/aromatic N) is 2. The van der Waals surface area contributed by atoms with Gasteiger partial charge in [-0.1, -0.05) is 0 Å². The van der Waals surface area contributed by atoms with Crippen molar-refractivity contribution in [3.63, 3.8) is 0 Å². The van der Waals surface area contributed by atoms with Gasteiger partial charge in [-0.2, -0.15) is 0 Å². The molecule has 0 bridgehead atoms. The van der Waals surface area contributed by atoms with Crippen molar-refractivity contribution in [2.75, 3.05) is 22.9 Å². The van der Waals surface area contributed by atoms with Crippen molar-refractivity contribution >= 4 is 48.3 Å². The molecule has 13 heteroatoms. The zero-order valence-corrected chi connectivity index (χ0v) is 12.7. The van der Waals surface area contributed by atoms with Gasteiger partial charge in [-0.05, 0) is 10.3 Å². The van der Waals surface area contributed by atoms with Gasteiger partial charge >= 0.3 is 17.1 Å². The third-order valence-electron chi connectivity index (χ3n) is 1.93. The molecule has 0 aromatic carbocycles. The molecule has 0 spiro atoms. The number of hydrogen-bond donors (Lipinski definition) is 6. The SMILES string of the molecule is Nc1nc([S-])[nH]c(=O)c1N.Nc1nc([S-])[nH]c(=O)c1N.[Cu+2]. The van der Waals surface area contributed by atoms with Gasteiger partial charge in [0, 0.05) is 0 Å². The Kier molecular flexibility index (Phi) is 6.88. The fourth-order valence-electron chi connectivity index (χ4n) is 0.957. The Morgan fingerprint density at radius 1 is 0.762 bits per heavy atom. The Hall–Kier alpha value is -2.08. The van der Waals surface area contributed by atoms with E-state index < -0.39 is 11.1 Å². The molecule has 2 rings (SSSR count). The first kappa shape index (κ1) is 18.9. The van der Waals surface area contributed by atoms with Crippen LogP contribution in [0.3, 0.4) is 0 Å². The summed E-state index contributed by atoms with van der Waals surface area (Å²) in [5.41, 5.74) is 19.6. The van der Waals surface area contributed by atoms with Crippen LogP contribution in [0.25, 0.3) is 0 Å². The molecule has 0 unspecified atom stereocenters. The fraction of sp³-hybridized carbons (Fsp3) is 0. The minimum atomic E-state index is -0.488. The second-order valence-corrected chi connectivity index (χ2v) is 4.11. The molecule has 0 saturated heterocycles. The van der Waals surface area contributed by atoms with E-state index >= 15 is 0 Å². The van der Waals surface area contributed by atoms with Crippen molar-refractivity contribution in [1.82, 2.24) is 19.9 Å². The van der Waals surface area contributed by atoms with Gasteiger partial charge in [0.25, 0.3) is 11.1 Å². The van der Waals surface area contributed by atoms with Gasteiger partial charge in [0.1, 0.15) is 11.4 Å². The second kappa shape index (κ2) is 7.64. The monoisotopic (exact) mass is 377 g/mol. The zero-order valence-electron chi connectivity index (χ0n) is 10.1. The molecule has 0 aliphatic heterocycles.